The van der Waals surface area contributed by atoms with Gasteiger partial charge in [-0.2, -0.15) is 0 Å². The molecular formula is C15H16F2N2O3. The quantitative estimate of drug-likeness (QED) is 0.880. The maximum absolute atomic E-state index is 13.0. The largest absolute Gasteiger partial charge is 0.586 e. The topological polar surface area (TPSA) is 59.6 Å². The molecule has 1 saturated carbocycles. The molecule has 1 aromatic carbocycles. The molecule has 3 aliphatic rings. The Balaban J connectivity index is 1.43. The van der Waals surface area contributed by atoms with Crippen LogP contribution in [0.3, 0.4) is 0 Å². The lowest BCUT2D eigenvalue weighted by Gasteiger charge is -2.23. The van der Waals surface area contributed by atoms with E-state index in [1.165, 1.54) is 12.1 Å². The smallest absolute Gasteiger partial charge is 0.395 e. The lowest BCUT2D eigenvalue weighted by atomic mass is 9.92. The number of anilines is 1. The minimum atomic E-state index is -3.64. The van der Waals surface area contributed by atoms with Crippen molar-refractivity contribution in [3.63, 3.8) is 0 Å². The molecule has 2 fully saturated rings. The molecule has 1 aromatic rings. The molecule has 1 saturated heterocycles. The van der Waals surface area contributed by atoms with Crippen molar-refractivity contribution in [2.45, 2.75) is 25.6 Å². The first kappa shape index (κ1) is 13.8. The highest BCUT2D eigenvalue weighted by Crippen LogP contribution is 2.58. The van der Waals surface area contributed by atoms with Gasteiger partial charge in [-0.15, -0.1) is 8.78 Å². The van der Waals surface area contributed by atoms with Crippen LogP contribution in [0, 0.1) is 11.3 Å². The molecule has 4 rings (SSSR count). The molecule has 2 N–H and O–H groups in total. The second-order valence-electron chi connectivity index (χ2n) is 6.19. The first-order valence-electron chi connectivity index (χ1n) is 7.39. The van der Waals surface area contributed by atoms with E-state index in [0.29, 0.717) is 5.69 Å². The van der Waals surface area contributed by atoms with Crippen molar-refractivity contribution in [3.05, 3.63) is 18.2 Å². The van der Waals surface area contributed by atoms with Gasteiger partial charge in [0.25, 0.3) is 0 Å². The van der Waals surface area contributed by atoms with Crippen LogP contribution in [-0.4, -0.2) is 25.3 Å². The Bertz CT molecular complexity index is 629. The monoisotopic (exact) mass is 310 g/mol. The number of ether oxygens (including phenoxy) is 2. The number of rotatable bonds is 2. The number of piperidine rings is 1. The van der Waals surface area contributed by atoms with Crippen LogP contribution >= 0.6 is 0 Å². The van der Waals surface area contributed by atoms with E-state index in [4.69, 9.17) is 0 Å². The summed E-state index contributed by atoms with van der Waals surface area (Å²) in [4.78, 5) is 12.3. The molecule has 7 heteroatoms. The van der Waals surface area contributed by atoms with Crippen molar-refractivity contribution < 1.29 is 23.0 Å². The second-order valence-corrected chi connectivity index (χ2v) is 6.19. The van der Waals surface area contributed by atoms with Gasteiger partial charge in [0.05, 0.1) is 0 Å². The zero-order valence-corrected chi connectivity index (χ0v) is 11.8. The van der Waals surface area contributed by atoms with Crippen LogP contribution in [0.2, 0.25) is 0 Å². The molecule has 1 spiro atoms. The summed E-state index contributed by atoms with van der Waals surface area (Å²) < 4.78 is 34.7. The summed E-state index contributed by atoms with van der Waals surface area (Å²) in [6.07, 6.45) is -0.708. The summed E-state index contributed by atoms with van der Waals surface area (Å²) in [6, 6.07) is 4.28. The fourth-order valence-corrected chi connectivity index (χ4v) is 3.45. The van der Waals surface area contributed by atoms with E-state index < -0.39 is 6.29 Å². The number of amides is 1. The molecule has 118 valence electrons. The van der Waals surface area contributed by atoms with Gasteiger partial charge >= 0.3 is 6.29 Å². The lowest BCUT2D eigenvalue weighted by Crippen LogP contribution is -2.31. The van der Waals surface area contributed by atoms with Gasteiger partial charge in [-0.25, -0.2) is 0 Å². The molecule has 5 nitrogen and oxygen atoms in total. The molecule has 2 aliphatic heterocycles. The first-order chi connectivity index (χ1) is 10.5. The fourth-order valence-electron chi connectivity index (χ4n) is 3.45. The van der Waals surface area contributed by atoms with E-state index in [-0.39, 0.29) is 28.7 Å². The Morgan fingerprint density at radius 1 is 1.23 bits per heavy atom. The Morgan fingerprint density at radius 2 is 1.95 bits per heavy atom. The summed E-state index contributed by atoms with van der Waals surface area (Å²) in [7, 11) is 0. The van der Waals surface area contributed by atoms with Crippen LogP contribution in [0.25, 0.3) is 0 Å². The van der Waals surface area contributed by atoms with Gasteiger partial charge in [0, 0.05) is 17.7 Å². The van der Waals surface area contributed by atoms with Gasteiger partial charge in [-0.1, -0.05) is 0 Å². The van der Waals surface area contributed by atoms with Crippen molar-refractivity contribution in [3.8, 4) is 11.5 Å². The number of alkyl halides is 2. The molecule has 1 amide bonds. The zero-order chi connectivity index (χ0) is 15.4. The van der Waals surface area contributed by atoms with Crippen molar-refractivity contribution in [1.82, 2.24) is 5.32 Å². The molecule has 1 atom stereocenters. The summed E-state index contributed by atoms with van der Waals surface area (Å²) in [5.74, 6) is -0.117. The van der Waals surface area contributed by atoms with Gasteiger partial charge in [0.1, 0.15) is 0 Å². The molecule has 22 heavy (non-hydrogen) atoms. The molecule has 0 bridgehead atoms. The SMILES string of the molecule is O=C(Nc1ccc2c(c1)OC(F)(F)O2)C1CC12CCNCC2. The van der Waals surface area contributed by atoms with Crippen molar-refractivity contribution in [1.29, 1.82) is 0 Å². The van der Waals surface area contributed by atoms with Crippen molar-refractivity contribution in [2.24, 2.45) is 11.3 Å². The third-order valence-corrected chi connectivity index (χ3v) is 4.77. The number of hydrogen-bond donors (Lipinski definition) is 2. The predicted octanol–water partition coefficient (Wildman–Crippen LogP) is 2.34. The second kappa shape index (κ2) is 4.55. The Hall–Kier alpha value is -1.89. The van der Waals surface area contributed by atoms with Gasteiger partial charge < -0.3 is 20.1 Å². The van der Waals surface area contributed by atoms with Gasteiger partial charge in [0.2, 0.25) is 5.91 Å². The number of hydrogen-bond acceptors (Lipinski definition) is 4. The van der Waals surface area contributed by atoms with Crippen molar-refractivity contribution in [2.75, 3.05) is 18.4 Å². The first-order valence-corrected chi connectivity index (χ1v) is 7.39. The number of carbonyl (C=O) groups excluding carboxylic acids is 1. The normalized spacial score (nSPS) is 26.7. The third-order valence-electron chi connectivity index (χ3n) is 4.77. The van der Waals surface area contributed by atoms with Gasteiger partial charge in [-0.3, -0.25) is 4.79 Å². The predicted molar refractivity (Wildman–Crippen MR) is 73.9 cm³/mol. The minimum absolute atomic E-state index is 0.0152. The summed E-state index contributed by atoms with van der Waals surface area (Å²) in [6.45, 7) is 1.89. The summed E-state index contributed by atoms with van der Waals surface area (Å²) in [5.41, 5.74) is 0.583. The molecule has 0 radical (unpaired) electrons. The number of carbonyl (C=O) groups is 1. The highest BCUT2D eigenvalue weighted by Gasteiger charge is 2.57. The van der Waals surface area contributed by atoms with Gasteiger partial charge in [0.15, 0.2) is 11.5 Å². The van der Waals surface area contributed by atoms with Crippen LogP contribution in [0.4, 0.5) is 14.5 Å². The molecular weight excluding hydrogens is 294 g/mol. The van der Waals surface area contributed by atoms with Crippen LogP contribution in [0.15, 0.2) is 18.2 Å². The Labute approximate surface area is 126 Å². The molecule has 2 heterocycles. The molecule has 1 aliphatic carbocycles. The summed E-state index contributed by atoms with van der Waals surface area (Å²) in [5, 5.41) is 6.09. The minimum Gasteiger partial charge on any atom is -0.395 e. The average Bonchev–Trinajstić information content (AvgIpc) is 3.05. The lowest BCUT2D eigenvalue weighted by molar-refractivity contribution is -0.286. The number of benzene rings is 1. The maximum Gasteiger partial charge on any atom is 0.586 e. The van der Waals surface area contributed by atoms with Crippen LogP contribution in [-0.2, 0) is 4.79 Å². The number of fused-ring (bicyclic) bond motifs is 1. The Kier molecular flexibility index (Phi) is 2.84. The van der Waals surface area contributed by atoms with Gasteiger partial charge in [-0.05, 0) is 49.9 Å². The van der Waals surface area contributed by atoms with E-state index in [2.05, 4.69) is 20.1 Å². The molecule has 0 aromatic heterocycles. The Morgan fingerprint density at radius 3 is 2.73 bits per heavy atom. The van der Waals surface area contributed by atoms with E-state index >= 15 is 0 Å². The van der Waals surface area contributed by atoms with Crippen molar-refractivity contribution >= 4 is 11.6 Å². The third kappa shape index (κ3) is 2.29. The van der Waals surface area contributed by atoms with E-state index in [9.17, 15) is 13.6 Å². The van der Waals surface area contributed by atoms with Crippen LogP contribution in [0.1, 0.15) is 19.3 Å². The maximum atomic E-state index is 13.0. The molecule has 1 unspecified atom stereocenters. The van der Waals surface area contributed by atoms with E-state index in [1.54, 1.807) is 6.07 Å². The van der Waals surface area contributed by atoms with E-state index in [1.807, 2.05) is 0 Å². The van der Waals surface area contributed by atoms with Crippen LogP contribution < -0.4 is 20.1 Å². The standard InChI is InChI=1S/C15H16F2N2O3/c16-15(17)21-11-2-1-9(7-12(11)22-15)19-13(20)10-8-14(10)3-5-18-6-4-14/h1-2,7,10,18H,3-6,8H2,(H,19,20). The average molecular weight is 310 g/mol. The fraction of sp³-hybridized carbons (Fsp3) is 0.533. The number of halogens is 2. The highest BCUT2D eigenvalue weighted by molar-refractivity contribution is 5.95. The summed E-state index contributed by atoms with van der Waals surface area (Å²) >= 11 is 0. The highest BCUT2D eigenvalue weighted by atomic mass is 19.3. The zero-order valence-electron chi connectivity index (χ0n) is 11.8. The van der Waals surface area contributed by atoms with E-state index in [0.717, 1.165) is 32.4 Å². The van der Waals surface area contributed by atoms with Crippen LogP contribution in [0.5, 0.6) is 11.5 Å². The number of nitrogens with one attached hydrogen (secondary N) is 2.